The van der Waals surface area contributed by atoms with E-state index in [1.165, 1.54) is 0 Å². The average Bonchev–Trinajstić information content (AvgIpc) is 3.38. The van der Waals surface area contributed by atoms with E-state index in [4.69, 9.17) is 14.8 Å². The minimum Gasteiger partial charge on any atom is -0.497 e. The zero-order valence-corrected chi connectivity index (χ0v) is 19.3. The predicted molar refractivity (Wildman–Crippen MR) is 142 cm³/mol. The molecule has 0 N–H and O–H groups in total. The summed E-state index contributed by atoms with van der Waals surface area (Å²) in [5.74, 6) is 0.822. The fraction of sp³-hybridized carbons (Fsp3) is 0.0323. The van der Waals surface area contributed by atoms with Crippen molar-refractivity contribution in [1.29, 1.82) is 0 Å². The molecular weight excluding hydrogens is 430 g/mol. The molecule has 0 amide bonds. The summed E-state index contributed by atoms with van der Waals surface area (Å²) < 4.78 is 7.39. The van der Waals surface area contributed by atoms with E-state index in [0.717, 1.165) is 56.0 Å². The topological polar surface area (TPSA) is 39.9 Å². The molecule has 0 bridgehead atoms. The number of hydrogen-bond acceptors (Lipinski definition) is 3. The van der Waals surface area contributed by atoms with Gasteiger partial charge in [0.1, 0.15) is 5.75 Å². The number of aromatic nitrogens is 3. The molecule has 6 aromatic rings. The average molecular weight is 454 g/mol. The summed E-state index contributed by atoms with van der Waals surface area (Å²) in [6, 6.07) is 39.2. The Labute approximate surface area is 204 Å². The van der Waals surface area contributed by atoms with Gasteiger partial charge in [-0.05, 0) is 54.1 Å². The van der Waals surface area contributed by atoms with Crippen molar-refractivity contribution in [3.63, 3.8) is 0 Å². The number of hydrogen-bond donors (Lipinski definition) is 0. The second-order valence-electron chi connectivity index (χ2n) is 8.32. The van der Waals surface area contributed by atoms with Gasteiger partial charge in [0.15, 0.2) is 0 Å². The molecule has 0 aliphatic carbocycles. The molecule has 0 atom stereocenters. The summed E-state index contributed by atoms with van der Waals surface area (Å²) in [6.45, 7) is 0. The lowest BCUT2D eigenvalue weighted by atomic mass is 9.95. The van der Waals surface area contributed by atoms with Gasteiger partial charge in [-0.25, -0.2) is 4.68 Å². The first-order valence-electron chi connectivity index (χ1n) is 11.6. The van der Waals surface area contributed by atoms with Crippen LogP contribution in [0.4, 0.5) is 0 Å². The number of nitrogens with zero attached hydrogens (tertiary/aromatic N) is 3. The third kappa shape index (κ3) is 3.85. The monoisotopic (exact) mass is 453 g/mol. The lowest BCUT2D eigenvalue weighted by Crippen LogP contribution is -2.01. The van der Waals surface area contributed by atoms with Crippen molar-refractivity contribution in [2.75, 3.05) is 7.11 Å². The summed E-state index contributed by atoms with van der Waals surface area (Å²) >= 11 is 0. The fourth-order valence-electron chi connectivity index (χ4n) is 4.48. The Morgan fingerprint density at radius 1 is 0.686 bits per heavy atom. The van der Waals surface area contributed by atoms with Crippen molar-refractivity contribution in [1.82, 2.24) is 14.8 Å². The van der Waals surface area contributed by atoms with Crippen LogP contribution < -0.4 is 4.74 Å². The lowest BCUT2D eigenvalue weighted by Gasteiger charge is -2.15. The van der Waals surface area contributed by atoms with E-state index in [0.29, 0.717) is 0 Å². The highest BCUT2D eigenvalue weighted by atomic mass is 16.5. The quantitative estimate of drug-likeness (QED) is 0.272. The number of methoxy groups -OCH3 is 1. The van der Waals surface area contributed by atoms with Crippen LogP contribution in [0.2, 0.25) is 0 Å². The van der Waals surface area contributed by atoms with Gasteiger partial charge in [0, 0.05) is 28.3 Å². The van der Waals surface area contributed by atoms with Crippen molar-refractivity contribution in [2.45, 2.75) is 0 Å². The van der Waals surface area contributed by atoms with Crippen molar-refractivity contribution < 1.29 is 4.74 Å². The van der Waals surface area contributed by atoms with Gasteiger partial charge in [-0.15, -0.1) is 0 Å². The molecule has 2 heterocycles. The SMILES string of the molecule is COc1ccc(-c2cc(-c3c(-c4ccccc4)cnc4ccccc34)n(-c3ccccc3)n2)cc1. The first-order valence-corrected chi connectivity index (χ1v) is 11.6. The van der Waals surface area contributed by atoms with Crippen molar-refractivity contribution in [2.24, 2.45) is 0 Å². The highest BCUT2D eigenvalue weighted by Crippen LogP contribution is 2.39. The first-order chi connectivity index (χ1) is 17.3. The largest absolute Gasteiger partial charge is 0.497 e. The summed E-state index contributed by atoms with van der Waals surface area (Å²) in [5, 5.41) is 6.17. The molecule has 0 aliphatic heterocycles. The van der Waals surface area contributed by atoms with E-state index < -0.39 is 0 Å². The van der Waals surface area contributed by atoms with E-state index in [9.17, 15) is 0 Å². The molecule has 168 valence electrons. The third-order valence-corrected chi connectivity index (χ3v) is 6.21. The van der Waals surface area contributed by atoms with Crippen LogP contribution in [0.1, 0.15) is 0 Å². The zero-order chi connectivity index (χ0) is 23.6. The molecule has 0 spiro atoms. The van der Waals surface area contributed by atoms with E-state index in [2.05, 4.69) is 60.7 Å². The highest BCUT2D eigenvalue weighted by Gasteiger charge is 2.20. The molecule has 0 fully saturated rings. The summed E-state index contributed by atoms with van der Waals surface area (Å²) in [5.41, 5.74) is 8.19. The number of para-hydroxylation sites is 2. The molecule has 4 nitrogen and oxygen atoms in total. The van der Waals surface area contributed by atoms with Gasteiger partial charge in [-0.2, -0.15) is 5.10 Å². The molecule has 35 heavy (non-hydrogen) atoms. The summed E-state index contributed by atoms with van der Waals surface area (Å²) in [7, 11) is 1.68. The van der Waals surface area contributed by atoms with Crippen LogP contribution in [0.25, 0.3) is 50.2 Å². The van der Waals surface area contributed by atoms with Gasteiger partial charge in [0.2, 0.25) is 0 Å². The molecule has 6 rings (SSSR count). The Balaban J connectivity index is 1.66. The van der Waals surface area contributed by atoms with E-state index in [1.54, 1.807) is 7.11 Å². The number of ether oxygens (including phenoxy) is 1. The molecule has 0 saturated heterocycles. The van der Waals surface area contributed by atoms with E-state index in [-0.39, 0.29) is 0 Å². The number of pyridine rings is 1. The van der Waals surface area contributed by atoms with Crippen molar-refractivity contribution in [3.05, 3.63) is 121 Å². The molecule has 2 aromatic heterocycles. The van der Waals surface area contributed by atoms with Crippen LogP contribution in [0.15, 0.2) is 121 Å². The zero-order valence-electron chi connectivity index (χ0n) is 19.3. The van der Waals surface area contributed by atoms with Crippen LogP contribution in [0.3, 0.4) is 0 Å². The summed E-state index contributed by atoms with van der Waals surface area (Å²) in [4.78, 5) is 4.79. The second kappa shape index (κ2) is 8.92. The smallest absolute Gasteiger partial charge is 0.118 e. The minimum atomic E-state index is 0.822. The maximum Gasteiger partial charge on any atom is 0.118 e. The maximum atomic E-state index is 5.35. The second-order valence-corrected chi connectivity index (χ2v) is 8.32. The Morgan fingerprint density at radius 2 is 1.37 bits per heavy atom. The Morgan fingerprint density at radius 3 is 2.11 bits per heavy atom. The summed E-state index contributed by atoms with van der Waals surface area (Å²) in [6.07, 6.45) is 1.97. The van der Waals surface area contributed by atoms with Crippen LogP contribution in [0, 0.1) is 0 Å². The Bertz CT molecular complexity index is 1600. The minimum absolute atomic E-state index is 0.822. The molecule has 4 heteroatoms. The van der Waals surface area contributed by atoms with E-state index in [1.807, 2.05) is 65.5 Å². The first kappa shape index (κ1) is 20.9. The number of benzene rings is 4. The van der Waals surface area contributed by atoms with Gasteiger partial charge < -0.3 is 4.74 Å². The normalized spacial score (nSPS) is 11.0. The highest BCUT2D eigenvalue weighted by molar-refractivity contribution is 6.02. The number of fused-ring (bicyclic) bond motifs is 1. The molecule has 0 aliphatic rings. The van der Waals surface area contributed by atoms with Crippen LogP contribution in [0.5, 0.6) is 5.75 Å². The molecule has 0 unspecified atom stereocenters. The van der Waals surface area contributed by atoms with Crippen LogP contribution >= 0.6 is 0 Å². The molecule has 4 aromatic carbocycles. The van der Waals surface area contributed by atoms with Gasteiger partial charge in [-0.3, -0.25) is 4.98 Å². The number of rotatable bonds is 5. The predicted octanol–water partition coefficient (Wildman–Crippen LogP) is 7.43. The Kier molecular flexibility index (Phi) is 5.32. The third-order valence-electron chi connectivity index (χ3n) is 6.21. The Hall–Kier alpha value is -4.70. The standard InChI is InChI=1S/C31H23N3O/c1-35-25-18-16-23(17-19-25)29-20-30(34(33-29)24-12-6-3-7-13-24)31-26-14-8-9-15-28(26)32-21-27(31)22-10-4-2-5-11-22/h2-21H,1H3. The van der Waals surface area contributed by atoms with Crippen molar-refractivity contribution in [3.8, 4) is 45.1 Å². The molecular formula is C31H23N3O. The van der Waals surface area contributed by atoms with Crippen LogP contribution in [-0.4, -0.2) is 21.9 Å². The van der Waals surface area contributed by atoms with E-state index >= 15 is 0 Å². The van der Waals surface area contributed by atoms with Gasteiger partial charge in [-0.1, -0.05) is 66.7 Å². The van der Waals surface area contributed by atoms with Gasteiger partial charge in [0.25, 0.3) is 0 Å². The van der Waals surface area contributed by atoms with Gasteiger partial charge in [0.05, 0.1) is 29.7 Å². The fourth-order valence-corrected chi connectivity index (χ4v) is 4.48. The lowest BCUT2D eigenvalue weighted by molar-refractivity contribution is 0.415. The van der Waals surface area contributed by atoms with Crippen molar-refractivity contribution >= 4 is 10.9 Å². The molecule has 0 saturated carbocycles. The van der Waals surface area contributed by atoms with Crippen LogP contribution in [-0.2, 0) is 0 Å². The molecule has 0 radical (unpaired) electrons. The van der Waals surface area contributed by atoms with Gasteiger partial charge >= 0.3 is 0 Å². The maximum absolute atomic E-state index is 5.35.